The first-order chi connectivity index (χ1) is 9.25. The second-order valence-electron chi connectivity index (χ2n) is 3.96. The van der Waals surface area contributed by atoms with E-state index in [1.165, 1.54) is 0 Å². The first kappa shape index (κ1) is 11.7. The predicted molar refractivity (Wildman–Crippen MR) is 73.4 cm³/mol. The van der Waals surface area contributed by atoms with Gasteiger partial charge in [0.25, 0.3) is 5.91 Å². The number of amides is 1. The number of halogens is 1. The van der Waals surface area contributed by atoms with Crippen molar-refractivity contribution in [2.75, 3.05) is 5.32 Å². The van der Waals surface area contributed by atoms with Gasteiger partial charge in [-0.1, -0.05) is 41.0 Å². The third-order valence-corrected chi connectivity index (χ3v) is 3.03. The van der Waals surface area contributed by atoms with Crippen LogP contribution < -0.4 is 5.32 Å². The van der Waals surface area contributed by atoms with Crippen molar-refractivity contribution >= 4 is 34.3 Å². The van der Waals surface area contributed by atoms with Gasteiger partial charge < -0.3 is 9.84 Å². The molecule has 1 aromatic heterocycles. The first-order valence-electron chi connectivity index (χ1n) is 5.66. The Morgan fingerprint density at radius 2 is 1.89 bits per heavy atom. The van der Waals surface area contributed by atoms with Gasteiger partial charge in [0.2, 0.25) is 0 Å². The lowest BCUT2D eigenvalue weighted by atomic mass is 10.2. The van der Waals surface area contributed by atoms with Crippen LogP contribution in [0.4, 0.5) is 5.82 Å². The van der Waals surface area contributed by atoms with E-state index in [2.05, 4.69) is 10.5 Å². The van der Waals surface area contributed by atoms with Crippen molar-refractivity contribution in [2.24, 2.45) is 0 Å². The van der Waals surface area contributed by atoms with Crippen LogP contribution >= 0.6 is 11.6 Å². The van der Waals surface area contributed by atoms with E-state index in [1.807, 2.05) is 6.07 Å². The Morgan fingerprint density at radius 1 is 1.11 bits per heavy atom. The lowest BCUT2D eigenvalue weighted by Gasteiger charge is -2.02. The van der Waals surface area contributed by atoms with E-state index in [-0.39, 0.29) is 5.91 Å². The minimum Gasteiger partial charge on any atom is -0.354 e. The number of aromatic nitrogens is 1. The Bertz CT molecular complexity index is 738. The third kappa shape index (κ3) is 2.18. The lowest BCUT2D eigenvalue weighted by Crippen LogP contribution is -2.12. The van der Waals surface area contributed by atoms with Crippen LogP contribution in [0.1, 0.15) is 10.4 Å². The summed E-state index contributed by atoms with van der Waals surface area (Å²) in [7, 11) is 0. The molecule has 0 bridgehead atoms. The fourth-order valence-electron chi connectivity index (χ4n) is 1.81. The van der Waals surface area contributed by atoms with Crippen LogP contribution in [0.25, 0.3) is 11.0 Å². The highest BCUT2D eigenvalue weighted by atomic mass is 35.5. The summed E-state index contributed by atoms with van der Waals surface area (Å²) in [4.78, 5) is 12.0. The molecule has 0 aliphatic rings. The van der Waals surface area contributed by atoms with Gasteiger partial charge in [-0.05, 0) is 24.3 Å². The Kier molecular flexibility index (Phi) is 2.93. The summed E-state index contributed by atoms with van der Waals surface area (Å²) in [5.74, 6) is 0.0742. The molecule has 3 rings (SSSR count). The predicted octanol–water partition coefficient (Wildman–Crippen LogP) is 3.73. The molecule has 0 spiro atoms. The van der Waals surface area contributed by atoms with E-state index in [0.717, 1.165) is 0 Å². The fourth-order valence-corrected chi connectivity index (χ4v) is 2.06. The number of benzene rings is 2. The van der Waals surface area contributed by atoms with Gasteiger partial charge in [-0.3, -0.25) is 4.79 Å². The molecular formula is C14H9ClN2O2. The van der Waals surface area contributed by atoms with Crippen molar-refractivity contribution in [3.63, 3.8) is 0 Å². The van der Waals surface area contributed by atoms with E-state index in [4.69, 9.17) is 16.1 Å². The average molecular weight is 273 g/mol. The van der Waals surface area contributed by atoms with Crippen LogP contribution in [-0.2, 0) is 0 Å². The normalized spacial score (nSPS) is 10.6. The quantitative estimate of drug-likeness (QED) is 0.773. The number of hydrogen-bond donors (Lipinski definition) is 1. The first-order valence-corrected chi connectivity index (χ1v) is 6.04. The number of fused-ring (bicyclic) bond motifs is 1. The van der Waals surface area contributed by atoms with Crippen LogP contribution in [0.3, 0.4) is 0 Å². The zero-order valence-corrected chi connectivity index (χ0v) is 10.5. The summed E-state index contributed by atoms with van der Waals surface area (Å²) in [5.41, 5.74) is 1.08. The van der Waals surface area contributed by atoms with Gasteiger partial charge in [-0.2, -0.15) is 0 Å². The van der Waals surface area contributed by atoms with Crippen molar-refractivity contribution in [3.05, 3.63) is 59.1 Å². The number of nitrogens with zero attached hydrogens (tertiary/aromatic N) is 1. The SMILES string of the molecule is O=C(Nc1noc2cccc(Cl)c12)c1ccccc1. The number of nitrogens with one attached hydrogen (secondary N) is 1. The number of hydrogen-bond acceptors (Lipinski definition) is 3. The van der Waals surface area contributed by atoms with Crippen LogP contribution in [0.15, 0.2) is 53.1 Å². The lowest BCUT2D eigenvalue weighted by molar-refractivity contribution is 0.102. The van der Waals surface area contributed by atoms with E-state index in [9.17, 15) is 4.79 Å². The highest BCUT2D eigenvalue weighted by molar-refractivity contribution is 6.36. The smallest absolute Gasteiger partial charge is 0.256 e. The second kappa shape index (κ2) is 4.74. The van der Waals surface area contributed by atoms with E-state index in [0.29, 0.717) is 27.4 Å². The Hall–Kier alpha value is -2.33. The molecule has 0 unspecified atom stereocenters. The molecule has 0 saturated carbocycles. The van der Waals surface area contributed by atoms with Crippen LogP contribution in [0, 0.1) is 0 Å². The molecule has 0 aliphatic carbocycles. The largest absolute Gasteiger partial charge is 0.354 e. The van der Waals surface area contributed by atoms with E-state index < -0.39 is 0 Å². The van der Waals surface area contributed by atoms with Gasteiger partial charge in [0.15, 0.2) is 11.4 Å². The molecule has 1 heterocycles. The highest BCUT2D eigenvalue weighted by Crippen LogP contribution is 2.30. The van der Waals surface area contributed by atoms with Crippen molar-refractivity contribution in [1.82, 2.24) is 5.16 Å². The van der Waals surface area contributed by atoms with Crippen LogP contribution in [0.5, 0.6) is 0 Å². The summed E-state index contributed by atoms with van der Waals surface area (Å²) in [6, 6.07) is 14.1. The molecule has 0 saturated heterocycles. The summed E-state index contributed by atoms with van der Waals surface area (Å²) >= 11 is 6.08. The molecular weight excluding hydrogens is 264 g/mol. The van der Waals surface area contributed by atoms with Crippen LogP contribution in [0.2, 0.25) is 5.02 Å². The number of carbonyl (C=O) groups is 1. The van der Waals surface area contributed by atoms with Crippen molar-refractivity contribution in [3.8, 4) is 0 Å². The molecule has 5 heteroatoms. The maximum absolute atomic E-state index is 12.0. The molecule has 4 nitrogen and oxygen atoms in total. The van der Waals surface area contributed by atoms with Gasteiger partial charge in [0.05, 0.1) is 10.4 Å². The van der Waals surface area contributed by atoms with Gasteiger partial charge in [-0.15, -0.1) is 0 Å². The highest BCUT2D eigenvalue weighted by Gasteiger charge is 2.14. The Morgan fingerprint density at radius 3 is 2.68 bits per heavy atom. The monoisotopic (exact) mass is 272 g/mol. The van der Waals surface area contributed by atoms with Gasteiger partial charge in [-0.25, -0.2) is 0 Å². The number of rotatable bonds is 2. The number of carbonyl (C=O) groups excluding carboxylic acids is 1. The maximum Gasteiger partial charge on any atom is 0.256 e. The van der Waals surface area contributed by atoms with Crippen molar-refractivity contribution in [2.45, 2.75) is 0 Å². The molecule has 0 atom stereocenters. The molecule has 0 aliphatic heterocycles. The zero-order valence-electron chi connectivity index (χ0n) is 9.76. The standard InChI is InChI=1S/C14H9ClN2O2/c15-10-7-4-8-11-12(10)13(17-19-11)16-14(18)9-5-2-1-3-6-9/h1-8H,(H,16,17,18). The minimum atomic E-state index is -0.254. The Labute approximate surface area is 114 Å². The molecule has 2 aromatic carbocycles. The average Bonchev–Trinajstić information content (AvgIpc) is 2.84. The van der Waals surface area contributed by atoms with Gasteiger partial charge in [0, 0.05) is 5.56 Å². The zero-order chi connectivity index (χ0) is 13.2. The van der Waals surface area contributed by atoms with Crippen molar-refractivity contribution < 1.29 is 9.32 Å². The molecule has 0 radical (unpaired) electrons. The summed E-state index contributed by atoms with van der Waals surface area (Å²) < 4.78 is 5.12. The fraction of sp³-hybridized carbons (Fsp3) is 0. The molecule has 19 heavy (non-hydrogen) atoms. The maximum atomic E-state index is 12.0. The van der Waals surface area contributed by atoms with Gasteiger partial charge in [0.1, 0.15) is 0 Å². The molecule has 3 aromatic rings. The topological polar surface area (TPSA) is 55.1 Å². The molecule has 94 valence electrons. The summed E-state index contributed by atoms with van der Waals surface area (Å²) in [6.45, 7) is 0. The minimum absolute atomic E-state index is 0.254. The van der Waals surface area contributed by atoms with E-state index >= 15 is 0 Å². The van der Waals surface area contributed by atoms with E-state index in [1.54, 1.807) is 42.5 Å². The molecule has 1 N–H and O–H groups in total. The summed E-state index contributed by atoms with van der Waals surface area (Å²) in [6.07, 6.45) is 0. The van der Waals surface area contributed by atoms with Crippen molar-refractivity contribution in [1.29, 1.82) is 0 Å². The molecule has 0 fully saturated rings. The second-order valence-corrected chi connectivity index (χ2v) is 4.37. The Balaban J connectivity index is 1.96. The number of anilines is 1. The third-order valence-electron chi connectivity index (χ3n) is 2.72. The molecule has 1 amide bonds. The van der Waals surface area contributed by atoms with Gasteiger partial charge >= 0.3 is 0 Å². The van der Waals surface area contributed by atoms with Crippen LogP contribution in [-0.4, -0.2) is 11.1 Å². The summed E-state index contributed by atoms with van der Waals surface area (Å²) in [5, 5.41) is 7.62.